The zero-order chi connectivity index (χ0) is 26.7. The van der Waals surface area contributed by atoms with Crippen LogP contribution in [0.25, 0.3) is 0 Å². The molecule has 3 heterocycles. The van der Waals surface area contributed by atoms with E-state index in [1.807, 2.05) is 6.07 Å². The Morgan fingerprint density at radius 2 is 1.87 bits per heavy atom. The van der Waals surface area contributed by atoms with Gasteiger partial charge in [0, 0.05) is 49.9 Å². The molecule has 3 aliphatic rings. The van der Waals surface area contributed by atoms with Gasteiger partial charge in [-0.15, -0.1) is 0 Å². The Hall–Kier alpha value is -2.45. The summed E-state index contributed by atoms with van der Waals surface area (Å²) in [5.41, 5.74) is 0.911. The number of alkyl halides is 2. The molecule has 5 rings (SSSR count). The molecule has 1 aromatic carbocycles. The number of halogens is 3. The molecular weight excluding hydrogens is 491 g/mol. The number of aromatic nitrogens is 1. The van der Waals surface area contributed by atoms with Gasteiger partial charge in [-0.3, -0.25) is 14.7 Å². The molecule has 206 valence electrons. The zero-order valence-corrected chi connectivity index (χ0v) is 21.8. The summed E-state index contributed by atoms with van der Waals surface area (Å²) in [6, 6.07) is 9.22. The average Bonchev–Trinajstić information content (AvgIpc) is 3.65. The zero-order valence-electron chi connectivity index (χ0n) is 21.8. The average molecular weight is 530 g/mol. The maximum atomic E-state index is 14.6. The molecule has 3 unspecified atom stereocenters. The number of carbonyl (C=O) groups is 1. The smallest absolute Gasteiger partial charge is 0.320 e. The fourth-order valence-electron chi connectivity index (χ4n) is 6.43. The number of rotatable bonds is 11. The van der Waals surface area contributed by atoms with E-state index in [1.54, 1.807) is 18.2 Å². The topological polar surface area (TPSA) is 56.7 Å². The molecule has 3 fully saturated rings. The number of nitrogens with zero attached hydrogens (tertiary/aromatic N) is 3. The van der Waals surface area contributed by atoms with Gasteiger partial charge in [0.15, 0.2) is 0 Å². The Morgan fingerprint density at radius 1 is 1.08 bits per heavy atom. The van der Waals surface area contributed by atoms with Crippen molar-refractivity contribution in [3.8, 4) is 0 Å². The van der Waals surface area contributed by atoms with E-state index >= 15 is 0 Å². The first-order valence-electron chi connectivity index (χ1n) is 14.0. The van der Waals surface area contributed by atoms with Gasteiger partial charge in [0.05, 0.1) is 0 Å². The Morgan fingerprint density at radius 3 is 2.53 bits per heavy atom. The summed E-state index contributed by atoms with van der Waals surface area (Å²) in [5, 5.41) is 9.96. The van der Waals surface area contributed by atoms with Gasteiger partial charge in [0.2, 0.25) is 0 Å². The fourth-order valence-corrected chi connectivity index (χ4v) is 6.43. The molecule has 1 aromatic heterocycles. The normalized spacial score (nSPS) is 24.5. The Labute approximate surface area is 223 Å². The minimum absolute atomic E-state index is 0.0204. The van der Waals surface area contributed by atoms with Crippen LogP contribution >= 0.6 is 0 Å². The highest BCUT2D eigenvalue weighted by atomic mass is 19.3. The predicted octanol–water partition coefficient (Wildman–Crippen LogP) is 5.77. The van der Waals surface area contributed by atoms with Crippen molar-refractivity contribution in [2.75, 3.05) is 32.7 Å². The van der Waals surface area contributed by atoms with Gasteiger partial charge in [-0.1, -0.05) is 25.0 Å². The molecule has 2 aromatic rings. The van der Waals surface area contributed by atoms with Gasteiger partial charge < -0.3 is 10.0 Å². The molecule has 0 radical (unpaired) electrons. The number of hydrogen-bond donors (Lipinski definition) is 1. The van der Waals surface area contributed by atoms with Crippen LogP contribution in [-0.2, 0) is 10.7 Å². The van der Waals surface area contributed by atoms with E-state index in [0.29, 0.717) is 31.8 Å². The molecule has 8 heteroatoms. The number of aliphatic carboxylic acids is 1. The van der Waals surface area contributed by atoms with Crippen molar-refractivity contribution in [2.24, 2.45) is 17.8 Å². The third kappa shape index (κ3) is 6.75. The molecule has 3 atom stereocenters. The van der Waals surface area contributed by atoms with Crippen molar-refractivity contribution >= 4 is 5.97 Å². The van der Waals surface area contributed by atoms with Gasteiger partial charge >= 0.3 is 5.97 Å². The number of carboxylic acids is 1. The van der Waals surface area contributed by atoms with E-state index in [4.69, 9.17) is 0 Å². The molecule has 1 N–H and O–H groups in total. The van der Waals surface area contributed by atoms with Gasteiger partial charge in [0.1, 0.15) is 11.9 Å². The molecule has 1 aliphatic carbocycles. The summed E-state index contributed by atoms with van der Waals surface area (Å²) in [4.78, 5) is 20.5. The van der Waals surface area contributed by atoms with E-state index in [9.17, 15) is 23.1 Å². The van der Waals surface area contributed by atoms with Gasteiger partial charge in [-0.05, 0) is 86.4 Å². The quantitative estimate of drug-likeness (QED) is 0.400. The molecule has 2 aliphatic heterocycles. The van der Waals surface area contributed by atoms with E-state index in [2.05, 4.69) is 14.8 Å². The van der Waals surface area contributed by atoms with Crippen molar-refractivity contribution in [2.45, 2.75) is 62.8 Å². The molecule has 0 bridgehead atoms. The van der Waals surface area contributed by atoms with Crippen LogP contribution in [0.3, 0.4) is 0 Å². The summed E-state index contributed by atoms with van der Waals surface area (Å²) in [6.45, 7) is 3.81. The molecule has 1 saturated carbocycles. The largest absolute Gasteiger partial charge is 0.480 e. The number of benzene rings is 1. The minimum atomic E-state index is -2.86. The number of hydrogen-bond acceptors (Lipinski definition) is 4. The van der Waals surface area contributed by atoms with E-state index in [-0.39, 0.29) is 35.6 Å². The predicted molar refractivity (Wildman–Crippen MR) is 139 cm³/mol. The lowest BCUT2D eigenvalue weighted by molar-refractivity contribution is -0.143. The fraction of sp³-hybridized carbons (Fsp3) is 0.600. The van der Waals surface area contributed by atoms with Crippen LogP contribution in [-0.4, -0.2) is 64.6 Å². The van der Waals surface area contributed by atoms with Gasteiger partial charge in [-0.25, -0.2) is 13.2 Å². The van der Waals surface area contributed by atoms with E-state index < -0.39 is 17.9 Å². The number of piperidine rings is 1. The first kappa shape index (κ1) is 27.1. The van der Waals surface area contributed by atoms with Gasteiger partial charge in [-0.2, -0.15) is 0 Å². The first-order valence-corrected chi connectivity index (χ1v) is 14.0. The summed E-state index contributed by atoms with van der Waals surface area (Å²) >= 11 is 0. The maximum absolute atomic E-state index is 14.6. The van der Waals surface area contributed by atoms with Crippen molar-refractivity contribution < 1.29 is 23.1 Å². The highest BCUT2D eigenvalue weighted by molar-refractivity contribution is 5.73. The lowest BCUT2D eigenvalue weighted by atomic mass is 9.86. The SMILES string of the molecule is O=C(O)C(CC1CC1)N1CC(CN2CCC(CCC(F)(F)c3cccnc3)CC2)C(c2cccc(F)c2)C1. The second-order valence-electron chi connectivity index (χ2n) is 11.6. The Bertz CT molecular complexity index is 1070. The van der Waals surface area contributed by atoms with Crippen LogP contribution in [0, 0.1) is 23.6 Å². The number of carboxylic acid groups (broad SMARTS) is 1. The molecule has 5 nitrogen and oxygen atoms in total. The van der Waals surface area contributed by atoms with E-state index in [1.165, 1.54) is 24.5 Å². The highest BCUT2D eigenvalue weighted by Crippen LogP contribution is 2.40. The van der Waals surface area contributed by atoms with Crippen molar-refractivity contribution in [1.82, 2.24) is 14.8 Å². The van der Waals surface area contributed by atoms with Gasteiger partial charge in [0.25, 0.3) is 5.92 Å². The Kier molecular flexibility index (Phi) is 8.38. The van der Waals surface area contributed by atoms with Crippen molar-refractivity contribution in [3.63, 3.8) is 0 Å². The van der Waals surface area contributed by atoms with Crippen LogP contribution < -0.4 is 0 Å². The lowest BCUT2D eigenvalue weighted by Crippen LogP contribution is -2.42. The third-order valence-corrected chi connectivity index (χ3v) is 8.88. The number of likely N-dealkylation sites (tertiary alicyclic amines) is 2. The molecule has 2 saturated heterocycles. The van der Waals surface area contributed by atoms with Crippen molar-refractivity contribution in [3.05, 3.63) is 65.7 Å². The summed E-state index contributed by atoms with van der Waals surface area (Å²) in [5.74, 6) is -2.85. The summed E-state index contributed by atoms with van der Waals surface area (Å²) in [6.07, 6.45) is 7.74. The Balaban J connectivity index is 1.18. The monoisotopic (exact) mass is 529 g/mol. The standard InChI is InChI=1S/C30H38F3N3O2/c31-26-5-1-3-23(16-26)27-20-36(28(29(37)38)15-22-6-7-22)19-24(27)18-35-13-9-21(10-14-35)8-11-30(32,33)25-4-2-12-34-17-25/h1-5,12,16-17,21-22,24,27-28H,6-11,13-15,18-20H2,(H,37,38). The van der Waals surface area contributed by atoms with Crippen LogP contribution in [0.4, 0.5) is 13.2 Å². The second kappa shape index (κ2) is 11.7. The summed E-state index contributed by atoms with van der Waals surface area (Å²) < 4.78 is 43.3. The highest BCUT2D eigenvalue weighted by Gasteiger charge is 2.42. The third-order valence-electron chi connectivity index (χ3n) is 8.88. The molecular formula is C30H38F3N3O2. The van der Waals surface area contributed by atoms with E-state index in [0.717, 1.165) is 50.9 Å². The second-order valence-corrected chi connectivity index (χ2v) is 11.6. The lowest BCUT2D eigenvalue weighted by Gasteiger charge is -2.35. The van der Waals surface area contributed by atoms with Crippen LogP contribution in [0.15, 0.2) is 48.8 Å². The first-order chi connectivity index (χ1) is 18.3. The number of pyridine rings is 1. The van der Waals surface area contributed by atoms with Crippen LogP contribution in [0.1, 0.15) is 62.0 Å². The van der Waals surface area contributed by atoms with Crippen LogP contribution in [0.2, 0.25) is 0 Å². The summed E-state index contributed by atoms with van der Waals surface area (Å²) in [7, 11) is 0. The molecule has 0 spiro atoms. The molecule has 38 heavy (non-hydrogen) atoms. The molecule has 0 amide bonds. The maximum Gasteiger partial charge on any atom is 0.320 e. The minimum Gasteiger partial charge on any atom is -0.480 e. The van der Waals surface area contributed by atoms with Crippen LogP contribution in [0.5, 0.6) is 0 Å². The van der Waals surface area contributed by atoms with Crippen molar-refractivity contribution in [1.29, 1.82) is 0 Å².